The van der Waals surface area contributed by atoms with Gasteiger partial charge in [0, 0.05) is 24.7 Å². The van der Waals surface area contributed by atoms with E-state index in [4.69, 9.17) is 4.98 Å². The molecular formula is C28H35F2N5O2S. The summed E-state index contributed by atoms with van der Waals surface area (Å²) in [6.07, 6.45) is 0.884. The topological polar surface area (TPSA) is 88.1 Å². The summed E-state index contributed by atoms with van der Waals surface area (Å²) in [5.74, 6) is -0.325. The highest BCUT2D eigenvalue weighted by atomic mass is 32.1. The van der Waals surface area contributed by atoms with Crippen LogP contribution in [0.2, 0.25) is 0 Å². The Balaban J connectivity index is 1.63. The van der Waals surface area contributed by atoms with Gasteiger partial charge in [0.25, 0.3) is 12.3 Å². The first-order valence-corrected chi connectivity index (χ1v) is 13.6. The molecule has 0 saturated heterocycles. The number of halogens is 2. The maximum atomic E-state index is 13.1. The van der Waals surface area contributed by atoms with E-state index in [1.165, 1.54) is 18.2 Å². The molecule has 0 spiro atoms. The average Bonchev–Trinajstić information content (AvgIpc) is 3.59. The Bertz CT molecular complexity index is 1330. The molecule has 3 N–H and O–H groups in total. The van der Waals surface area contributed by atoms with E-state index in [0.29, 0.717) is 25.0 Å². The molecule has 7 nitrogen and oxygen atoms in total. The monoisotopic (exact) mass is 543 g/mol. The summed E-state index contributed by atoms with van der Waals surface area (Å²) < 4.78 is 28.1. The zero-order valence-corrected chi connectivity index (χ0v) is 23.0. The molecule has 1 aliphatic carbocycles. The highest BCUT2D eigenvalue weighted by Gasteiger charge is 2.30. The van der Waals surface area contributed by atoms with Crippen molar-refractivity contribution in [3.8, 4) is 0 Å². The lowest BCUT2D eigenvalue weighted by Crippen LogP contribution is -2.37. The van der Waals surface area contributed by atoms with Crippen LogP contribution in [-0.4, -0.2) is 33.4 Å². The molecule has 2 heterocycles. The van der Waals surface area contributed by atoms with Gasteiger partial charge in [-0.1, -0.05) is 33.4 Å². The molecule has 1 aliphatic rings. The number of nitrogens with zero attached hydrogens (tertiary/aromatic N) is 2. The van der Waals surface area contributed by atoms with E-state index < -0.39 is 12.3 Å². The van der Waals surface area contributed by atoms with E-state index in [1.807, 2.05) is 16.7 Å². The van der Waals surface area contributed by atoms with E-state index in [9.17, 15) is 18.4 Å². The van der Waals surface area contributed by atoms with Crippen molar-refractivity contribution in [3.05, 3.63) is 58.3 Å². The summed E-state index contributed by atoms with van der Waals surface area (Å²) in [4.78, 5) is 29.6. The van der Waals surface area contributed by atoms with E-state index in [-0.39, 0.29) is 33.2 Å². The standard InChI is InChI=1S/C28H35F2N5O2S/c1-6-24(36)32-18-8-9-19(14-18)35-21-10-7-17(15-31-16(2)28(3,4)5)13-20(21)33-27(35)34-26(37)23-12-11-22(38-23)25(29)30/h6-7,10-13,16,18-19,25,31H,1,8-9,14-15H2,2-5H3,(H,32,36)(H,33,34,37)/t16-,18-,19+/m0/s1. The molecule has 1 saturated carbocycles. The first-order chi connectivity index (χ1) is 18.0. The molecule has 2 amide bonds. The number of amides is 2. The number of imidazole rings is 1. The Hall–Kier alpha value is -3.11. The van der Waals surface area contributed by atoms with Gasteiger partial charge >= 0.3 is 0 Å². The Kier molecular flexibility index (Phi) is 8.32. The summed E-state index contributed by atoms with van der Waals surface area (Å²) in [5.41, 5.74) is 2.79. The quantitative estimate of drug-likeness (QED) is 0.280. The minimum absolute atomic E-state index is 0.00439. The van der Waals surface area contributed by atoms with Crippen molar-refractivity contribution in [3.63, 3.8) is 0 Å². The number of alkyl halides is 2. The van der Waals surface area contributed by atoms with Crippen molar-refractivity contribution < 1.29 is 18.4 Å². The van der Waals surface area contributed by atoms with E-state index >= 15 is 0 Å². The van der Waals surface area contributed by atoms with Crippen LogP contribution in [0.25, 0.3) is 11.0 Å². The number of anilines is 1. The smallest absolute Gasteiger partial charge is 0.272 e. The summed E-state index contributed by atoms with van der Waals surface area (Å²) in [6.45, 7) is 12.9. The number of carbonyl (C=O) groups is 2. The third-order valence-corrected chi connectivity index (χ3v) is 8.35. The number of carbonyl (C=O) groups excluding carboxylic acids is 2. The van der Waals surface area contributed by atoms with Crippen molar-refractivity contribution in [2.75, 3.05) is 5.32 Å². The molecular weight excluding hydrogens is 508 g/mol. The molecule has 38 heavy (non-hydrogen) atoms. The number of aromatic nitrogens is 2. The number of benzene rings is 1. The normalized spacial score (nSPS) is 18.6. The van der Waals surface area contributed by atoms with Crippen LogP contribution in [0, 0.1) is 5.41 Å². The van der Waals surface area contributed by atoms with Gasteiger partial charge in [-0.05, 0) is 67.5 Å². The molecule has 0 bridgehead atoms. The fraction of sp³-hybridized carbons (Fsp3) is 0.464. The molecule has 0 aliphatic heterocycles. The van der Waals surface area contributed by atoms with Gasteiger partial charge in [0.05, 0.1) is 20.8 Å². The second-order valence-electron chi connectivity index (χ2n) is 10.9. The number of thiophene rings is 1. The molecule has 204 valence electrons. The predicted molar refractivity (Wildman–Crippen MR) is 148 cm³/mol. The van der Waals surface area contributed by atoms with Gasteiger partial charge in [-0.15, -0.1) is 11.3 Å². The molecule has 0 unspecified atom stereocenters. The molecule has 1 aromatic carbocycles. The van der Waals surface area contributed by atoms with E-state index in [0.717, 1.165) is 40.8 Å². The summed E-state index contributed by atoms with van der Waals surface area (Å²) in [7, 11) is 0. The summed E-state index contributed by atoms with van der Waals surface area (Å²) in [6, 6.07) is 9.03. The Labute approximate surface area is 225 Å². The van der Waals surface area contributed by atoms with Crippen LogP contribution in [0.5, 0.6) is 0 Å². The van der Waals surface area contributed by atoms with Crippen LogP contribution in [0.1, 0.15) is 79.5 Å². The molecule has 3 atom stereocenters. The highest BCUT2D eigenvalue weighted by Crippen LogP contribution is 2.36. The number of rotatable bonds is 9. The molecule has 0 radical (unpaired) electrons. The third-order valence-electron chi connectivity index (χ3n) is 7.26. The highest BCUT2D eigenvalue weighted by molar-refractivity contribution is 7.14. The van der Waals surface area contributed by atoms with Crippen molar-refractivity contribution in [2.24, 2.45) is 5.41 Å². The summed E-state index contributed by atoms with van der Waals surface area (Å²) in [5, 5.41) is 9.38. The molecule has 4 rings (SSSR count). The predicted octanol–water partition coefficient (Wildman–Crippen LogP) is 6.21. The lowest BCUT2D eigenvalue weighted by molar-refractivity contribution is -0.117. The van der Waals surface area contributed by atoms with Gasteiger partial charge in [0.15, 0.2) is 0 Å². The van der Waals surface area contributed by atoms with Crippen molar-refractivity contribution >= 4 is 40.1 Å². The van der Waals surface area contributed by atoms with Crippen molar-refractivity contribution in [1.82, 2.24) is 20.2 Å². The Morgan fingerprint density at radius 3 is 2.66 bits per heavy atom. The third kappa shape index (κ3) is 6.30. The van der Waals surface area contributed by atoms with Crippen LogP contribution >= 0.6 is 11.3 Å². The number of nitrogens with one attached hydrogen (secondary N) is 3. The fourth-order valence-corrected chi connectivity index (χ4v) is 5.39. The Morgan fingerprint density at radius 1 is 1.24 bits per heavy atom. The minimum Gasteiger partial charge on any atom is -0.350 e. The van der Waals surface area contributed by atoms with E-state index in [1.54, 1.807) is 0 Å². The van der Waals surface area contributed by atoms with Gasteiger partial charge in [0.2, 0.25) is 11.9 Å². The fourth-order valence-electron chi connectivity index (χ4n) is 4.63. The summed E-state index contributed by atoms with van der Waals surface area (Å²) >= 11 is 0.772. The van der Waals surface area contributed by atoms with Gasteiger partial charge in [-0.2, -0.15) is 0 Å². The Morgan fingerprint density at radius 2 is 2.00 bits per heavy atom. The molecule has 3 aromatic rings. The van der Waals surface area contributed by atoms with Gasteiger partial charge < -0.3 is 15.2 Å². The zero-order valence-electron chi connectivity index (χ0n) is 22.2. The maximum absolute atomic E-state index is 13.1. The number of hydrogen-bond donors (Lipinski definition) is 3. The van der Waals surface area contributed by atoms with Gasteiger partial charge in [-0.25, -0.2) is 13.8 Å². The first kappa shape index (κ1) is 27.9. The maximum Gasteiger partial charge on any atom is 0.272 e. The van der Waals surface area contributed by atoms with E-state index in [2.05, 4.69) is 56.3 Å². The number of fused-ring (bicyclic) bond motifs is 1. The van der Waals surface area contributed by atoms with Crippen LogP contribution in [0.4, 0.5) is 14.7 Å². The van der Waals surface area contributed by atoms with Gasteiger partial charge in [-0.3, -0.25) is 14.9 Å². The molecule has 10 heteroatoms. The minimum atomic E-state index is -2.62. The second kappa shape index (κ2) is 11.3. The second-order valence-corrected chi connectivity index (χ2v) is 12.0. The average molecular weight is 544 g/mol. The molecule has 2 aromatic heterocycles. The molecule has 1 fully saturated rings. The SMILES string of the molecule is C=CC(=O)N[C@H]1CC[C@@H](n2c(NC(=O)c3ccc(C(F)F)s3)nc3cc(CN[C@@H](C)C(C)(C)C)ccc32)C1. The zero-order chi connectivity index (χ0) is 27.6. The van der Waals surface area contributed by atoms with Crippen LogP contribution in [0.3, 0.4) is 0 Å². The van der Waals surface area contributed by atoms with Crippen LogP contribution in [0.15, 0.2) is 43.0 Å². The number of hydrogen-bond acceptors (Lipinski definition) is 5. The van der Waals surface area contributed by atoms with Crippen LogP contribution in [-0.2, 0) is 11.3 Å². The van der Waals surface area contributed by atoms with Gasteiger partial charge in [0.1, 0.15) is 0 Å². The largest absolute Gasteiger partial charge is 0.350 e. The van der Waals surface area contributed by atoms with Crippen LogP contribution < -0.4 is 16.0 Å². The first-order valence-electron chi connectivity index (χ1n) is 12.8. The van der Waals surface area contributed by atoms with Crippen molar-refractivity contribution in [2.45, 2.75) is 78.1 Å². The lowest BCUT2D eigenvalue weighted by Gasteiger charge is -2.28. The van der Waals surface area contributed by atoms with Crippen molar-refractivity contribution in [1.29, 1.82) is 0 Å². The lowest BCUT2D eigenvalue weighted by atomic mass is 9.88.